The van der Waals surface area contributed by atoms with E-state index in [2.05, 4.69) is 0 Å². The highest BCUT2D eigenvalue weighted by Gasteiger charge is 2.47. The van der Waals surface area contributed by atoms with Crippen LogP contribution >= 0.6 is 0 Å². The molecule has 1 atom stereocenters. The number of ketones is 1. The van der Waals surface area contributed by atoms with Crippen molar-refractivity contribution < 1.29 is 26.4 Å². The van der Waals surface area contributed by atoms with Crippen LogP contribution in [-0.2, 0) is 14.8 Å². The molecule has 0 spiro atoms. The van der Waals surface area contributed by atoms with E-state index >= 15 is 0 Å². The van der Waals surface area contributed by atoms with Crippen LogP contribution in [0.2, 0.25) is 0 Å². The molecule has 1 N–H and O–H groups in total. The van der Waals surface area contributed by atoms with Crippen LogP contribution in [0.1, 0.15) is 12.8 Å². The maximum Gasteiger partial charge on any atom is 0.511 e. The Balaban J connectivity index is 2.01. The van der Waals surface area contributed by atoms with Crippen LogP contribution in [-0.4, -0.2) is 50.3 Å². The Morgan fingerprint density at radius 3 is 2.28 bits per heavy atom. The maximum atomic E-state index is 12.1. The first kappa shape index (κ1) is 13.8. The zero-order chi connectivity index (χ0) is 13.6. The highest BCUT2D eigenvalue weighted by molar-refractivity contribution is 7.90. The molecule has 18 heavy (non-hydrogen) atoms. The van der Waals surface area contributed by atoms with Gasteiger partial charge in [0.15, 0.2) is 5.78 Å². The number of hydrogen-bond acceptors (Lipinski definition) is 4. The van der Waals surface area contributed by atoms with Gasteiger partial charge < -0.3 is 0 Å². The van der Waals surface area contributed by atoms with Crippen molar-refractivity contribution in [3.63, 3.8) is 0 Å². The second-order valence-electron chi connectivity index (χ2n) is 4.53. The van der Waals surface area contributed by atoms with Crippen molar-refractivity contribution in [2.45, 2.75) is 24.4 Å². The van der Waals surface area contributed by atoms with E-state index in [-0.39, 0.29) is 11.7 Å². The van der Waals surface area contributed by atoms with Gasteiger partial charge in [-0.15, -0.1) is 0 Å². The predicted molar refractivity (Wildman–Crippen MR) is 56.1 cm³/mol. The van der Waals surface area contributed by atoms with Crippen molar-refractivity contribution in [3.8, 4) is 0 Å². The minimum Gasteiger partial charge on any atom is -0.298 e. The molecule has 3 aliphatic rings. The minimum atomic E-state index is -5.37. The van der Waals surface area contributed by atoms with Crippen LogP contribution in [0.5, 0.6) is 0 Å². The molecule has 3 rings (SSSR count). The molecule has 0 saturated carbocycles. The highest BCUT2D eigenvalue weighted by atomic mass is 32.2. The van der Waals surface area contributed by atoms with Gasteiger partial charge in [0, 0.05) is 12.5 Å². The summed E-state index contributed by atoms with van der Waals surface area (Å²) in [6.07, 6.45) is 1.42. The lowest BCUT2D eigenvalue weighted by molar-refractivity contribution is -0.136. The van der Waals surface area contributed by atoms with E-state index in [1.54, 1.807) is 4.90 Å². The summed E-state index contributed by atoms with van der Waals surface area (Å²) in [5.74, 6) is -0.284. The van der Waals surface area contributed by atoms with Gasteiger partial charge in [-0.1, -0.05) is 0 Å². The topological polar surface area (TPSA) is 66.5 Å². The number of hydrogen-bond donors (Lipinski definition) is 1. The fraction of sp³-hybridized carbons (Fsp3) is 0.889. The van der Waals surface area contributed by atoms with Crippen molar-refractivity contribution in [2.75, 3.05) is 19.6 Å². The molecule has 3 heterocycles. The highest BCUT2D eigenvalue weighted by Crippen LogP contribution is 2.29. The number of alkyl halides is 3. The molecule has 2 bridgehead atoms. The third-order valence-electron chi connectivity index (χ3n) is 3.47. The largest absolute Gasteiger partial charge is 0.511 e. The smallest absolute Gasteiger partial charge is 0.298 e. The van der Waals surface area contributed by atoms with Crippen LogP contribution in [0.15, 0.2) is 0 Å². The Bertz CT molecular complexity index is 440. The lowest BCUT2D eigenvalue weighted by atomic mass is 9.82. The first-order valence-corrected chi connectivity index (χ1v) is 7.04. The van der Waals surface area contributed by atoms with E-state index in [0.717, 1.165) is 0 Å². The van der Waals surface area contributed by atoms with E-state index in [9.17, 15) is 26.4 Å². The van der Waals surface area contributed by atoms with Crippen LogP contribution in [0, 0.1) is 5.92 Å². The summed E-state index contributed by atoms with van der Waals surface area (Å²) >= 11 is 0. The fourth-order valence-electron chi connectivity index (χ4n) is 2.45. The molecule has 104 valence electrons. The number of rotatable bonds is 3. The third-order valence-corrected chi connectivity index (χ3v) is 4.63. The summed E-state index contributed by atoms with van der Waals surface area (Å²) in [4.78, 5) is 13.5. The maximum absolute atomic E-state index is 12.1. The van der Waals surface area contributed by atoms with E-state index in [0.29, 0.717) is 25.9 Å². The fourth-order valence-corrected chi connectivity index (χ4v) is 2.99. The Morgan fingerprint density at radius 2 is 1.83 bits per heavy atom. The van der Waals surface area contributed by atoms with Crippen molar-refractivity contribution >= 4 is 15.8 Å². The number of nitrogens with one attached hydrogen (secondary N) is 1. The van der Waals surface area contributed by atoms with Gasteiger partial charge in [0.25, 0.3) is 0 Å². The van der Waals surface area contributed by atoms with Gasteiger partial charge in [0.05, 0.1) is 6.04 Å². The number of fused-ring (bicyclic) bond motifs is 3. The summed E-state index contributed by atoms with van der Waals surface area (Å²) in [7, 11) is -5.37. The molecule has 0 aromatic carbocycles. The van der Waals surface area contributed by atoms with Crippen LogP contribution in [0.25, 0.3) is 0 Å². The van der Waals surface area contributed by atoms with Gasteiger partial charge in [-0.25, -0.2) is 13.1 Å². The van der Waals surface area contributed by atoms with E-state index in [1.807, 2.05) is 0 Å². The number of piperidine rings is 3. The first-order valence-electron chi connectivity index (χ1n) is 5.56. The van der Waals surface area contributed by atoms with E-state index < -0.39 is 28.1 Å². The monoisotopic (exact) mass is 286 g/mol. The third kappa shape index (κ3) is 2.39. The lowest BCUT2D eigenvalue weighted by Crippen LogP contribution is -2.59. The van der Waals surface area contributed by atoms with Crippen LogP contribution in [0.3, 0.4) is 0 Å². The number of nitrogens with zero attached hydrogens (tertiary/aromatic N) is 1. The van der Waals surface area contributed by atoms with Gasteiger partial charge in [0.1, 0.15) is 0 Å². The molecule has 0 radical (unpaired) electrons. The van der Waals surface area contributed by atoms with E-state index in [4.69, 9.17) is 0 Å². The molecule has 1 unspecified atom stereocenters. The molecular weight excluding hydrogens is 273 g/mol. The molecule has 0 aromatic rings. The molecule has 0 aliphatic carbocycles. The summed E-state index contributed by atoms with van der Waals surface area (Å²) in [6, 6.07) is -0.755. The molecule has 3 aliphatic heterocycles. The first-order chi connectivity index (χ1) is 8.22. The summed E-state index contributed by atoms with van der Waals surface area (Å²) < 4.78 is 59.5. The summed E-state index contributed by atoms with van der Waals surface area (Å²) in [5.41, 5.74) is -5.33. The SMILES string of the molecule is O=C1C2CCN(CC2)C1CNS(=O)(=O)C(F)(F)F. The molecule has 3 saturated heterocycles. The summed E-state index contributed by atoms with van der Waals surface area (Å²) in [5, 5.41) is 0. The molecule has 0 aromatic heterocycles. The average molecular weight is 286 g/mol. The Labute approximate surface area is 102 Å². The van der Waals surface area contributed by atoms with Crippen molar-refractivity contribution in [3.05, 3.63) is 0 Å². The van der Waals surface area contributed by atoms with Gasteiger partial charge in [-0.05, 0) is 25.9 Å². The molecule has 5 nitrogen and oxygen atoms in total. The molecular formula is C9H13F3N2O3S. The van der Waals surface area contributed by atoms with E-state index in [1.165, 1.54) is 4.72 Å². The van der Waals surface area contributed by atoms with Gasteiger partial charge in [-0.3, -0.25) is 9.69 Å². The Morgan fingerprint density at radius 1 is 1.28 bits per heavy atom. The number of Topliss-reactive ketones (excluding diaryl/α,β-unsaturated/α-hetero) is 1. The second kappa shape index (κ2) is 4.46. The van der Waals surface area contributed by atoms with Crippen LogP contribution < -0.4 is 4.72 Å². The zero-order valence-corrected chi connectivity index (χ0v) is 10.2. The molecule has 0 amide bonds. The predicted octanol–water partition coefficient (Wildman–Crippen LogP) is 0.0889. The van der Waals surface area contributed by atoms with Crippen molar-refractivity contribution in [1.82, 2.24) is 9.62 Å². The summed E-state index contributed by atoms with van der Waals surface area (Å²) in [6.45, 7) is 0.765. The zero-order valence-electron chi connectivity index (χ0n) is 9.40. The standard InChI is InChI=1S/C9H13F3N2O3S/c10-9(11,12)18(16,17)13-5-7-8(15)6-1-3-14(7)4-2-6/h6-7,13H,1-5H2. The number of halogens is 3. The van der Waals surface area contributed by atoms with Crippen molar-refractivity contribution in [1.29, 1.82) is 0 Å². The Hall–Kier alpha value is -0.670. The Kier molecular flexibility index (Phi) is 3.41. The lowest BCUT2D eigenvalue weighted by Gasteiger charge is -2.43. The quantitative estimate of drug-likeness (QED) is 0.798. The van der Waals surface area contributed by atoms with Gasteiger partial charge in [-0.2, -0.15) is 13.2 Å². The minimum absolute atomic E-state index is 0.129. The van der Waals surface area contributed by atoms with Crippen molar-refractivity contribution in [2.24, 2.45) is 5.92 Å². The van der Waals surface area contributed by atoms with Gasteiger partial charge >= 0.3 is 15.5 Å². The second-order valence-corrected chi connectivity index (χ2v) is 6.28. The average Bonchev–Trinajstić information content (AvgIpc) is 2.27. The molecule has 9 heteroatoms. The van der Waals surface area contributed by atoms with Crippen LogP contribution in [0.4, 0.5) is 13.2 Å². The number of carbonyl (C=O) groups is 1. The van der Waals surface area contributed by atoms with Gasteiger partial charge in [0.2, 0.25) is 0 Å². The normalized spacial score (nSPS) is 32.8. The number of carbonyl (C=O) groups excluding carboxylic acids is 1. The molecule has 3 fully saturated rings. The number of sulfonamides is 1.